The molecule has 1 saturated carbocycles. The fourth-order valence-electron chi connectivity index (χ4n) is 3.49. The summed E-state index contributed by atoms with van der Waals surface area (Å²) in [6.07, 6.45) is 5.41. The van der Waals surface area contributed by atoms with Gasteiger partial charge in [0.1, 0.15) is 0 Å². The largest absolute Gasteiger partial charge is 0.481 e. The van der Waals surface area contributed by atoms with Gasteiger partial charge in [-0.2, -0.15) is 0 Å². The number of hydrogen-bond donors (Lipinski definition) is 2. The quantitative estimate of drug-likeness (QED) is 0.895. The summed E-state index contributed by atoms with van der Waals surface area (Å²) in [6.45, 7) is 9.16. The fraction of sp³-hybridized carbons (Fsp3) is 0.647. The monoisotopic (exact) mass is 290 g/mol. The van der Waals surface area contributed by atoms with Gasteiger partial charge in [0.15, 0.2) is 0 Å². The standard InChI is InChI=1S/C17H26N2O2/c1-11-7-13(9-18-8-11)10-19-15-6-5-14(16(20)21)17(3,4)12(15)2/h7-9,12,14-15,19H,5-6,10H2,1-4H3,(H,20,21). The van der Waals surface area contributed by atoms with E-state index < -0.39 is 5.97 Å². The lowest BCUT2D eigenvalue weighted by molar-refractivity contribution is -0.150. The Morgan fingerprint density at radius 1 is 1.43 bits per heavy atom. The molecule has 21 heavy (non-hydrogen) atoms. The molecule has 0 radical (unpaired) electrons. The van der Waals surface area contributed by atoms with Crippen LogP contribution in [0.1, 0.15) is 44.7 Å². The normalized spacial score (nSPS) is 28.3. The molecule has 4 nitrogen and oxygen atoms in total. The number of rotatable bonds is 4. The predicted octanol–water partition coefficient (Wildman–Crippen LogP) is 3.01. The van der Waals surface area contributed by atoms with E-state index >= 15 is 0 Å². The van der Waals surface area contributed by atoms with Crippen molar-refractivity contribution >= 4 is 5.97 Å². The highest BCUT2D eigenvalue weighted by Crippen LogP contribution is 2.45. The molecule has 2 N–H and O–H groups in total. The highest BCUT2D eigenvalue weighted by Gasteiger charge is 2.45. The van der Waals surface area contributed by atoms with Gasteiger partial charge < -0.3 is 10.4 Å². The molecule has 0 spiro atoms. The molecule has 0 saturated heterocycles. The first kappa shape index (κ1) is 16.0. The van der Waals surface area contributed by atoms with Gasteiger partial charge in [-0.1, -0.05) is 26.8 Å². The van der Waals surface area contributed by atoms with Crippen LogP contribution in [0.5, 0.6) is 0 Å². The Balaban J connectivity index is 2.01. The molecule has 1 heterocycles. The molecule has 0 aromatic carbocycles. The van der Waals surface area contributed by atoms with Gasteiger partial charge in [0, 0.05) is 25.0 Å². The number of carboxylic acid groups (broad SMARTS) is 1. The Morgan fingerprint density at radius 2 is 2.14 bits per heavy atom. The van der Waals surface area contributed by atoms with Crippen molar-refractivity contribution < 1.29 is 9.90 Å². The minimum Gasteiger partial charge on any atom is -0.481 e. The SMILES string of the molecule is Cc1cncc(CNC2CCC(C(=O)O)C(C)(C)C2C)c1. The third-order valence-electron chi connectivity index (χ3n) is 5.24. The van der Waals surface area contributed by atoms with Gasteiger partial charge in [-0.3, -0.25) is 9.78 Å². The lowest BCUT2D eigenvalue weighted by Crippen LogP contribution is -2.50. The molecule has 3 atom stereocenters. The highest BCUT2D eigenvalue weighted by molar-refractivity contribution is 5.71. The maximum Gasteiger partial charge on any atom is 0.307 e. The zero-order valence-electron chi connectivity index (χ0n) is 13.4. The van der Waals surface area contributed by atoms with Gasteiger partial charge in [0.25, 0.3) is 0 Å². The number of carboxylic acids is 1. The fourth-order valence-corrected chi connectivity index (χ4v) is 3.49. The Kier molecular flexibility index (Phi) is 4.67. The molecule has 3 unspecified atom stereocenters. The average Bonchev–Trinajstić information content (AvgIpc) is 2.40. The Hall–Kier alpha value is -1.42. The van der Waals surface area contributed by atoms with Crippen molar-refractivity contribution in [1.82, 2.24) is 10.3 Å². The topological polar surface area (TPSA) is 62.2 Å². The number of aryl methyl sites for hydroxylation is 1. The number of aromatic nitrogens is 1. The summed E-state index contributed by atoms with van der Waals surface area (Å²) >= 11 is 0. The Labute approximate surface area is 127 Å². The number of pyridine rings is 1. The molecule has 4 heteroatoms. The molecule has 1 aliphatic carbocycles. The number of aliphatic carboxylic acids is 1. The lowest BCUT2D eigenvalue weighted by Gasteiger charge is -2.46. The van der Waals surface area contributed by atoms with E-state index in [1.165, 1.54) is 5.56 Å². The van der Waals surface area contributed by atoms with E-state index in [-0.39, 0.29) is 11.3 Å². The van der Waals surface area contributed by atoms with Crippen molar-refractivity contribution in [2.24, 2.45) is 17.3 Å². The summed E-state index contributed by atoms with van der Waals surface area (Å²) in [5, 5.41) is 13.0. The van der Waals surface area contributed by atoms with E-state index in [1.807, 2.05) is 19.3 Å². The first-order valence-electron chi connectivity index (χ1n) is 7.69. The number of carbonyl (C=O) groups is 1. The second-order valence-corrected chi connectivity index (χ2v) is 6.94. The molecule has 116 valence electrons. The third kappa shape index (κ3) is 3.43. The minimum absolute atomic E-state index is 0.188. The zero-order valence-corrected chi connectivity index (χ0v) is 13.4. The summed E-state index contributed by atoms with van der Waals surface area (Å²) in [5.41, 5.74) is 2.16. The smallest absolute Gasteiger partial charge is 0.307 e. The van der Waals surface area contributed by atoms with Crippen molar-refractivity contribution in [3.05, 3.63) is 29.6 Å². The van der Waals surface area contributed by atoms with E-state index in [9.17, 15) is 9.90 Å². The molecule has 1 fully saturated rings. The molecule has 0 amide bonds. The van der Waals surface area contributed by atoms with E-state index in [0.29, 0.717) is 12.0 Å². The van der Waals surface area contributed by atoms with E-state index in [1.54, 1.807) is 0 Å². The van der Waals surface area contributed by atoms with Crippen LogP contribution in [0.15, 0.2) is 18.5 Å². The lowest BCUT2D eigenvalue weighted by atomic mass is 9.61. The maximum absolute atomic E-state index is 11.4. The summed E-state index contributed by atoms with van der Waals surface area (Å²) in [6, 6.07) is 2.50. The van der Waals surface area contributed by atoms with Crippen molar-refractivity contribution in [3.63, 3.8) is 0 Å². The molecule has 0 aliphatic heterocycles. The summed E-state index contributed by atoms with van der Waals surface area (Å²) < 4.78 is 0. The molecular formula is C17H26N2O2. The number of nitrogens with one attached hydrogen (secondary N) is 1. The second kappa shape index (κ2) is 6.14. The van der Waals surface area contributed by atoms with Gasteiger partial charge in [-0.25, -0.2) is 0 Å². The van der Waals surface area contributed by atoms with Crippen LogP contribution in [0.3, 0.4) is 0 Å². The molecule has 1 aromatic rings. The summed E-state index contributed by atoms with van der Waals surface area (Å²) in [7, 11) is 0. The molecule has 1 aromatic heterocycles. The molecular weight excluding hydrogens is 264 g/mol. The van der Waals surface area contributed by atoms with Gasteiger partial charge >= 0.3 is 5.97 Å². The number of nitrogens with zero attached hydrogens (tertiary/aromatic N) is 1. The van der Waals surface area contributed by atoms with Crippen molar-refractivity contribution in [3.8, 4) is 0 Å². The van der Waals surface area contributed by atoms with Crippen molar-refractivity contribution in [1.29, 1.82) is 0 Å². The minimum atomic E-state index is -0.659. The van der Waals surface area contributed by atoms with Crippen molar-refractivity contribution in [2.45, 2.75) is 53.1 Å². The summed E-state index contributed by atoms with van der Waals surface area (Å²) in [4.78, 5) is 15.6. The average molecular weight is 290 g/mol. The van der Waals surface area contributed by atoms with Crippen LogP contribution in [-0.2, 0) is 11.3 Å². The summed E-state index contributed by atoms with van der Waals surface area (Å²) in [5.74, 6) is -0.579. The van der Waals surface area contributed by atoms with Gasteiger partial charge in [0.2, 0.25) is 0 Å². The Morgan fingerprint density at radius 3 is 2.76 bits per heavy atom. The molecule has 1 aliphatic rings. The molecule has 0 bridgehead atoms. The van der Waals surface area contributed by atoms with E-state index in [0.717, 1.165) is 24.9 Å². The van der Waals surface area contributed by atoms with Crippen LogP contribution in [0.2, 0.25) is 0 Å². The van der Waals surface area contributed by atoms with E-state index in [2.05, 4.69) is 37.1 Å². The van der Waals surface area contributed by atoms with Crippen LogP contribution < -0.4 is 5.32 Å². The molecule has 2 rings (SSSR count). The van der Waals surface area contributed by atoms with Crippen molar-refractivity contribution in [2.75, 3.05) is 0 Å². The highest BCUT2D eigenvalue weighted by atomic mass is 16.4. The van der Waals surface area contributed by atoms with Crippen LogP contribution in [0.4, 0.5) is 0 Å². The first-order chi connectivity index (χ1) is 9.82. The Bertz CT molecular complexity index is 513. The van der Waals surface area contributed by atoms with Crippen LogP contribution >= 0.6 is 0 Å². The zero-order chi connectivity index (χ0) is 15.6. The van der Waals surface area contributed by atoms with Crippen LogP contribution in [0, 0.1) is 24.2 Å². The second-order valence-electron chi connectivity index (χ2n) is 6.94. The van der Waals surface area contributed by atoms with Crippen LogP contribution in [0.25, 0.3) is 0 Å². The van der Waals surface area contributed by atoms with Gasteiger partial charge in [-0.05, 0) is 42.2 Å². The van der Waals surface area contributed by atoms with E-state index in [4.69, 9.17) is 0 Å². The number of hydrogen-bond acceptors (Lipinski definition) is 3. The van der Waals surface area contributed by atoms with Crippen LogP contribution in [-0.4, -0.2) is 22.1 Å². The van der Waals surface area contributed by atoms with Gasteiger partial charge in [0.05, 0.1) is 5.92 Å². The third-order valence-corrected chi connectivity index (χ3v) is 5.24. The maximum atomic E-state index is 11.4. The first-order valence-corrected chi connectivity index (χ1v) is 7.69. The van der Waals surface area contributed by atoms with Gasteiger partial charge in [-0.15, -0.1) is 0 Å². The predicted molar refractivity (Wildman–Crippen MR) is 82.9 cm³/mol.